The van der Waals surface area contributed by atoms with Crippen LogP contribution in [0.5, 0.6) is 0 Å². The van der Waals surface area contributed by atoms with Crippen LogP contribution in [0.1, 0.15) is 44.5 Å². The zero-order valence-electron chi connectivity index (χ0n) is 41.8. The van der Waals surface area contributed by atoms with E-state index in [0.29, 0.717) is 0 Å². The summed E-state index contributed by atoms with van der Waals surface area (Å²) in [5.74, 6) is 0. The predicted octanol–water partition coefficient (Wildman–Crippen LogP) is 19.0. The Bertz CT molecular complexity index is 4060. The third-order valence-electron chi connectivity index (χ3n) is 16.6. The van der Waals surface area contributed by atoms with Crippen LogP contribution in [0.3, 0.4) is 0 Å². The average molecular weight is 967 g/mol. The summed E-state index contributed by atoms with van der Waals surface area (Å²) in [4.78, 5) is 5.00. The van der Waals surface area contributed by atoms with Gasteiger partial charge >= 0.3 is 0 Å². The van der Waals surface area contributed by atoms with Gasteiger partial charge in [0.15, 0.2) is 0 Å². The van der Waals surface area contributed by atoms with Gasteiger partial charge in [-0.1, -0.05) is 249 Å². The molecule has 0 fully saturated rings. The molecule has 0 radical (unpaired) electrons. The van der Waals surface area contributed by atoms with E-state index >= 15 is 0 Å². The standard InChI is InChI=1S/C74H50N2/c1-5-22-51(23-6-1)52-40-42-53(43-41-52)54-44-46-58(47-45-54)75(59-48-49-61-60-30-13-15-32-63(60)73(68(61)50-59,55-24-7-2-8-25-55)56-26-9-3-10-27-56)71-39-21-36-67-72(71)62-31-14-16-33-64(62)74(67)65-34-17-19-37-69(65)76(57-28-11-4-12-29-57)70-38-20-18-35-66(70)74/h1-50H. The molecule has 2 nitrogen and oxygen atoms in total. The maximum absolute atomic E-state index is 2.54. The van der Waals surface area contributed by atoms with Crippen LogP contribution >= 0.6 is 0 Å². The molecule has 12 aromatic carbocycles. The molecule has 0 unspecified atom stereocenters. The monoisotopic (exact) mass is 966 g/mol. The Morgan fingerprint density at radius 1 is 0.263 bits per heavy atom. The Balaban J connectivity index is 0.981. The van der Waals surface area contributed by atoms with Crippen LogP contribution in [0.15, 0.2) is 303 Å². The molecular formula is C74H50N2. The Labute approximate surface area is 444 Å². The van der Waals surface area contributed by atoms with E-state index < -0.39 is 10.8 Å². The molecule has 2 aliphatic carbocycles. The van der Waals surface area contributed by atoms with Crippen molar-refractivity contribution in [2.45, 2.75) is 10.8 Å². The number of hydrogen-bond acceptors (Lipinski definition) is 2. The number of rotatable bonds is 8. The van der Waals surface area contributed by atoms with Gasteiger partial charge in [0, 0.05) is 22.6 Å². The topological polar surface area (TPSA) is 6.48 Å². The normalized spacial score (nSPS) is 13.7. The summed E-state index contributed by atoms with van der Waals surface area (Å²) in [5, 5.41) is 0. The summed E-state index contributed by atoms with van der Waals surface area (Å²) in [6, 6.07) is 113. The summed E-state index contributed by atoms with van der Waals surface area (Å²) in [6.45, 7) is 0. The van der Waals surface area contributed by atoms with E-state index in [1.165, 1.54) is 100 Å². The summed E-state index contributed by atoms with van der Waals surface area (Å²) in [7, 11) is 0. The summed E-state index contributed by atoms with van der Waals surface area (Å²) >= 11 is 0. The number of para-hydroxylation sites is 3. The molecule has 15 rings (SSSR count). The van der Waals surface area contributed by atoms with E-state index in [4.69, 9.17) is 0 Å². The molecule has 0 bridgehead atoms. The van der Waals surface area contributed by atoms with Gasteiger partial charge in [-0.2, -0.15) is 0 Å². The van der Waals surface area contributed by atoms with Crippen molar-refractivity contribution in [3.63, 3.8) is 0 Å². The van der Waals surface area contributed by atoms with Crippen LogP contribution in [0, 0.1) is 0 Å². The summed E-state index contributed by atoms with van der Waals surface area (Å²) in [6.07, 6.45) is 0. The van der Waals surface area contributed by atoms with Gasteiger partial charge < -0.3 is 9.80 Å². The molecule has 0 saturated carbocycles. The Hall–Kier alpha value is -9.76. The number of benzene rings is 12. The van der Waals surface area contributed by atoms with Crippen LogP contribution in [0.4, 0.5) is 34.1 Å². The molecule has 0 amide bonds. The average Bonchev–Trinajstić information content (AvgIpc) is 4.15. The minimum atomic E-state index is -0.614. The second-order valence-corrected chi connectivity index (χ2v) is 20.3. The van der Waals surface area contributed by atoms with Crippen molar-refractivity contribution in [2.75, 3.05) is 9.80 Å². The van der Waals surface area contributed by atoms with E-state index in [1.54, 1.807) is 0 Å². The van der Waals surface area contributed by atoms with Gasteiger partial charge in [0.2, 0.25) is 0 Å². The van der Waals surface area contributed by atoms with Gasteiger partial charge in [-0.15, -0.1) is 0 Å². The Kier molecular flexibility index (Phi) is 10.0. The lowest BCUT2D eigenvalue weighted by Gasteiger charge is -2.45. The van der Waals surface area contributed by atoms with Crippen molar-refractivity contribution < 1.29 is 0 Å². The van der Waals surface area contributed by atoms with E-state index in [-0.39, 0.29) is 0 Å². The van der Waals surface area contributed by atoms with Crippen LogP contribution in [-0.2, 0) is 10.8 Å². The molecule has 1 heterocycles. The largest absolute Gasteiger partial charge is 0.310 e. The minimum absolute atomic E-state index is 0.568. The minimum Gasteiger partial charge on any atom is -0.310 e. The van der Waals surface area contributed by atoms with Crippen molar-refractivity contribution in [1.82, 2.24) is 0 Å². The summed E-state index contributed by atoms with van der Waals surface area (Å²) < 4.78 is 0. The third kappa shape index (κ3) is 6.34. The lowest BCUT2D eigenvalue weighted by molar-refractivity contribution is 0.752. The van der Waals surface area contributed by atoms with Crippen molar-refractivity contribution >= 4 is 34.1 Å². The van der Waals surface area contributed by atoms with Gasteiger partial charge in [-0.25, -0.2) is 0 Å². The van der Waals surface area contributed by atoms with Gasteiger partial charge in [-0.3, -0.25) is 0 Å². The van der Waals surface area contributed by atoms with E-state index in [9.17, 15) is 0 Å². The SMILES string of the molecule is c1ccc(-c2ccc(-c3ccc(N(c4ccc5c(c4)C(c4ccccc4)(c4ccccc4)c4ccccc4-5)c4cccc5c4-c4ccccc4C54c5ccccc5N(c5ccccc5)c5ccccc54)cc3)cc2)cc1. The van der Waals surface area contributed by atoms with E-state index in [1.807, 2.05) is 0 Å². The first-order valence-electron chi connectivity index (χ1n) is 26.4. The number of nitrogens with zero attached hydrogens (tertiary/aromatic N) is 2. The van der Waals surface area contributed by atoms with Gasteiger partial charge in [0.1, 0.15) is 0 Å². The molecule has 2 heteroatoms. The molecule has 3 aliphatic rings. The molecule has 0 saturated heterocycles. The van der Waals surface area contributed by atoms with Crippen LogP contribution in [-0.4, -0.2) is 0 Å². The molecule has 1 spiro atoms. The highest BCUT2D eigenvalue weighted by Crippen LogP contribution is 2.66. The maximum atomic E-state index is 2.54. The van der Waals surface area contributed by atoms with Crippen molar-refractivity contribution in [1.29, 1.82) is 0 Å². The molecular weight excluding hydrogens is 917 g/mol. The van der Waals surface area contributed by atoms with E-state index in [2.05, 4.69) is 313 Å². The molecule has 12 aromatic rings. The fourth-order valence-electron chi connectivity index (χ4n) is 13.5. The van der Waals surface area contributed by atoms with Gasteiger partial charge in [0.25, 0.3) is 0 Å². The van der Waals surface area contributed by atoms with Crippen molar-refractivity contribution in [2.24, 2.45) is 0 Å². The number of anilines is 6. The first-order chi connectivity index (χ1) is 37.7. The van der Waals surface area contributed by atoms with Crippen LogP contribution in [0.2, 0.25) is 0 Å². The Morgan fingerprint density at radius 2 is 0.684 bits per heavy atom. The lowest BCUT2D eigenvalue weighted by atomic mass is 9.64. The van der Waals surface area contributed by atoms with Gasteiger partial charge in [0.05, 0.1) is 27.9 Å². The molecule has 0 aromatic heterocycles. The third-order valence-corrected chi connectivity index (χ3v) is 16.6. The predicted molar refractivity (Wildman–Crippen MR) is 315 cm³/mol. The number of fused-ring (bicyclic) bond motifs is 12. The smallest absolute Gasteiger partial charge is 0.0755 e. The highest BCUT2D eigenvalue weighted by atomic mass is 15.2. The zero-order chi connectivity index (χ0) is 50.2. The van der Waals surface area contributed by atoms with Gasteiger partial charge in [-0.05, 0) is 138 Å². The summed E-state index contributed by atoms with van der Waals surface area (Å²) in [5.41, 5.74) is 25.5. The molecule has 76 heavy (non-hydrogen) atoms. The molecule has 0 atom stereocenters. The fraction of sp³-hybridized carbons (Fsp3) is 0.0270. The second-order valence-electron chi connectivity index (χ2n) is 20.3. The second kappa shape index (κ2) is 17.4. The lowest BCUT2D eigenvalue weighted by Crippen LogP contribution is -2.36. The first-order valence-corrected chi connectivity index (χ1v) is 26.4. The van der Waals surface area contributed by atoms with Crippen LogP contribution in [0.25, 0.3) is 44.5 Å². The molecule has 356 valence electrons. The van der Waals surface area contributed by atoms with E-state index in [0.717, 1.165) is 22.7 Å². The zero-order valence-corrected chi connectivity index (χ0v) is 41.8. The number of hydrogen-bond donors (Lipinski definition) is 0. The molecule has 0 N–H and O–H groups in total. The van der Waals surface area contributed by atoms with Crippen molar-refractivity contribution in [3.05, 3.63) is 348 Å². The van der Waals surface area contributed by atoms with Crippen LogP contribution < -0.4 is 9.80 Å². The maximum Gasteiger partial charge on any atom is 0.0755 e. The fourth-order valence-corrected chi connectivity index (χ4v) is 13.5. The first kappa shape index (κ1) is 43.8. The highest BCUT2D eigenvalue weighted by molar-refractivity contribution is 6.02. The molecule has 1 aliphatic heterocycles. The van der Waals surface area contributed by atoms with Crippen molar-refractivity contribution in [3.8, 4) is 44.5 Å². The highest BCUT2D eigenvalue weighted by Gasteiger charge is 2.53. The quantitative estimate of drug-likeness (QED) is 0.150. The Morgan fingerprint density at radius 3 is 1.28 bits per heavy atom.